The van der Waals surface area contributed by atoms with Crippen LogP contribution in [0.15, 0.2) is 24.3 Å². The third kappa shape index (κ3) is 3.80. The molecule has 2 aliphatic rings. The molecule has 25 heavy (non-hydrogen) atoms. The second-order valence-electron chi connectivity index (χ2n) is 6.82. The molecular formula is C19H25N3O3. The second kappa shape index (κ2) is 7.06. The Morgan fingerprint density at radius 2 is 1.92 bits per heavy atom. The smallest absolute Gasteiger partial charge is 0.161 e. The number of fused-ring (bicyclic) bond motifs is 1. The van der Waals surface area contributed by atoms with Crippen LogP contribution in [-0.4, -0.2) is 53.7 Å². The lowest BCUT2D eigenvalue weighted by atomic mass is 10.1. The molecule has 6 nitrogen and oxygen atoms in total. The maximum absolute atomic E-state index is 5.96. The molecule has 134 valence electrons. The van der Waals surface area contributed by atoms with Gasteiger partial charge in [-0.25, -0.2) is 0 Å². The molecule has 1 fully saturated rings. The van der Waals surface area contributed by atoms with E-state index in [1.807, 2.05) is 17.7 Å². The van der Waals surface area contributed by atoms with Gasteiger partial charge in [0.25, 0.3) is 0 Å². The Balaban J connectivity index is 1.39. The van der Waals surface area contributed by atoms with Gasteiger partial charge in [0.05, 0.1) is 24.9 Å². The van der Waals surface area contributed by atoms with E-state index >= 15 is 0 Å². The summed E-state index contributed by atoms with van der Waals surface area (Å²) in [4.78, 5) is 2.44. The van der Waals surface area contributed by atoms with E-state index in [1.54, 1.807) is 0 Å². The van der Waals surface area contributed by atoms with Crippen molar-refractivity contribution in [2.45, 2.75) is 33.0 Å². The van der Waals surface area contributed by atoms with Crippen molar-refractivity contribution in [3.8, 4) is 11.5 Å². The molecule has 4 rings (SSSR count). The van der Waals surface area contributed by atoms with Crippen LogP contribution in [0.4, 0.5) is 0 Å². The van der Waals surface area contributed by atoms with Crippen molar-refractivity contribution in [1.29, 1.82) is 0 Å². The van der Waals surface area contributed by atoms with Crippen LogP contribution in [-0.2, 0) is 17.8 Å². The van der Waals surface area contributed by atoms with Gasteiger partial charge in [-0.15, -0.1) is 0 Å². The van der Waals surface area contributed by atoms with Crippen molar-refractivity contribution in [3.63, 3.8) is 0 Å². The lowest BCUT2D eigenvalue weighted by molar-refractivity contribution is -0.0405. The minimum atomic E-state index is 0.170. The molecule has 0 saturated carbocycles. The molecular weight excluding hydrogens is 318 g/mol. The largest absolute Gasteiger partial charge is 0.486 e. The van der Waals surface area contributed by atoms with Gasteiger partial charge in [-0.2, -0.15) is 5.10 Å². The number of morpholine rings is 1. The molecule has 0 bridgehead atoms. The third-order valence-corrected chi connectivity index (χ3v) is 4.72. The molecule has 2 aliphatic heterocycles. The van der Waals surface area contributed by atoms with E-state index in [0.29, 0.717) is 13.2 Å². The van der Waals surface area contributed by atoms with Gasteiger partial charge in [0.1, 0.15) is 13.2 Å². The van der Waals surface area contributed by atoms with Gasteiger partial charge in [-0.05, 0) is 37.6 Å². The summed E-state index contributed by atoms with van der Waals surface area (Å²) in [5.74, 6) is 1.70. The van der Waals surface area contributed by atoms with Crippen LogP contribution in [0.25, 0.3) is 0 Å². The van der Waals surface area contributed by atoms with E-state index in [9.17, 15) is 0 Å². The van der Waals surface area contributed by atoms with Crippen LogP contribution in [0.2, 0.25) is 0 Å². The zero-order valence-electron chi connectivity index (χ0n) is 14.9. The van der Waals surface area contributed by atoms with Crippen molar-refractivity contribution < 1.29 is 14.2 Å². The lowest BCUT2D eigenvalue weighted by Gasteiger charge is -2.33. The van der Waals surface area contributed by atoms with Gasteiger partial charge >= 0.3 is 0 Å². The first kappa shape index (κ1) is 16.4. The zero-order chi connectivity index (χ0) is 17.2. The fourth-order valence-corrected chi connectivity index (χ4v) is 3.53. The van der Waals surface area contributed by atoms with Crippen molar-refractivity contribution in [1.82, 2.24) is 14.7 Å². The zero-order valence-corrected chi connectivity index (χ0v) is 14.9. The molecule has 6 heteroatoms. The number of hydrogen-bond donors (Lipinski definition) is 0. The standard InChI is InChI=1S/C19H25N3O3/c1-14-9-15(2)22(20-14)13-17-12-21(5-6-23-17)11-16-3-4-18-19(10-16)25-8-7-24-18/h3-4,9-10,17H,5-8,11-13H2,1-2H3/t17-/m1/s1. The number of benzene rings is 1. The van der Waals surface area contributed by atoms with Gasteiger partial charge in [0, 0.05) is 25.3 Å². The molecule has 0 spiro atoms. The van der Waals surface area contributed by atoms with Crippen molar-refractivity contribution >= 4 is 0 Å². The fraction of sp³-hybridized carbons (Fsp3) is 0.526. The van der Waals surface area contributed by atoms with Crippen molar-refractivity contribution in [2.75, 3.05) is 32.9 Å². The first-order valence-corrected chi connectivity index (χ1v) is 8.91. The van der Waals surface area contributed by atoms with E-state index in [1.165, 1.54) is 11.3 Å². The Morgan fingerprint density at radius 3 is 2.72 bits per heavy atom. The molecule has 1 saturated heterocycles. The van der Waals surface area contributed by atoms with Crippen molar-refractivity contribution in [3.05, 3.63) is 41.2 Å². The summed E-state index contributed by atoms with van der Waals surface area (Å²) >= 11 is 0. The second-order valence-corrected chi connectivity index (χ2v) is 6.82. The van der Waals surface area contributed by atoms with Crippen LogP contribution >= 0.6 is 0 Å². The Bertz CT molecular complexity index is 744. The summed E-state index contributed by atoms with van der Waals surface area (Å²) in [7, 11) is 0. The third-order valence-electron chi connectivity index (χ3n) is 4.72. The van der Waals surface area contributed by atoms with Crippen molar-refractivity contribution in [2.24, 2.45) is 0 Å². The number of aryl methyl sites for hydroxylation is 2. The van der Waals surface area contributed by atoms with Crippen LogP contribution in [0.3, 0.4) is 0 Å². The molecule has 0 aliphatic carbocycles. The monoisotopic (exact) mass is 343 g/mol. The van der Waals surface area contributed by atoms with E-state index in [2.05, 4.69) is 35.1 Å². The molecule has 0 unspecified atom stereocenters. The summed E-state index contributed by atoms with van der Waals surface area (Å²) < 4.78 is 19.3. The summed E-state index contributed by atoms with van der Waals surface area (Å²) in [5.41, 5.74) is 3.49. The van der Waals surface area contributed by atoms with Gasteiger partial charge in [-0.3, -0.25) is 9.58 Å². The van der Waals surface area contributed by atoms with E-state index in [-0.39, 0.29) is 6.10 Å². The highest BCUT2D eigenvalue weighted by atomic mass is 16.6. The van der Waals surface area contributed by atoms with Gasteiger partial charge in [0.15, 0.2) is 11.5 Å². The van der Waals surface area contributed by atoms with Crippen LogP contribution in [0.1, 0.15) is 17.0 Å². The van der Waals surface area contributed by atoms with Gasteiger partial charge < -0.3 is 14.2 Å². The van der Waals surface area contributed by atoms with E-state index in [4.69, 9.17) is 14.2 Å². The van der Waals surface area contributed by atoms with E-state index in [0.717, 1.165) is 50.0 Å². The number of ether oxygens (including phenoxy) is 3. The molecule has 2 aromatic rings. The maximum Gasteiger partial charge on any atom is 0.161 e. The highest BCUT2D eigenvalue weighted by molar-refractivity contribution is 5.43. The highest BCUT2D eigenvalue weighted by Gasteiger charge is 2.22. The molecule has 0 N–H and O–H groups in total. The highest BCUT2D eigenvalue weighted by Crippen LogP contribution is 2.31. The fourth-order valence-electron chi connectivity index (χ4n) is 3.53. The Labute approximate surface area is 148 Å². The number of hydrogen-bond acceptors (Lipinski definition) is 5. The molecule has 0 amide bonds. The predicted molar refractivity (Wildman–Crippen MR) is 94.2 cm³/mol. The molecule has 3 heterocycles. The maximum atomic E-state index is 5.96. The quantitative estimate of drug-likeness (QED) is 0.852. The summed E-state index contributed by atoms with van der Waals surface area (Å²) in [6, 6.07) is 8.34. The molecule has 0 radical (unpaired) electrons. The lowest BCUT2D eigenvalue weighted by Crippen LogP contribution is -2.43. The molecule has 1 aromatic heterocycles. The Morgan fingerprint density at radius 1 is 1.08 bits per heavy atom. The summed E-state index contributed by atoms with van der Waals surface area (Å²) in [5, 5.41) is 4.55. The average molecular weight is 343 g/mol. The van der Waals surface area contributed by atoms with Gasteiger partial charge in [-0.1, -0.05) is 6.07 Å². The minimum absolute atomic E-state index is 0.170. The first-order chi connectivity index (χ1) is 12.2. The minimum Gasteiger partial charge on any atom is -0.486 e. The number of aromatic nitrogens is 2. The molecule has 1 atom stereocenters. The van der Waals surface area contributed by atoms with Crippen LogP contribution in [0.5, 0.6) is 11.5 Å². The summed E-state index contributed by atoms with van der Waals surface area (Å²) in [6.07, 6.45) is 0.170. The SMILES string of the molecule is Cc1cc(C)n(C[C@H]2CN(Cc3ccc4c(c3)OCCO4)CCO2)n1. The molecule has 1 aromatic carbocycles. The average Bonchev–Trinajstić information content (AvgIpc) is 2.92. The first-order valence-electron chi connectivity index (χ1n) is 8.91. The van der Waals surface area contributed by atoms with Crippen LogP contribution in [0, 0.1) is 13.8 Å². The van der Waals surface area contributed by atoms with Gasteiger partial charge in [0.2, 0.25) is 0 Å². The predicted octanol–water partition coefficient (Wildman–Crippen LogP) is 2.17. The number of rotatable bonds is 4. The summed E-state index contributed by atoms with van der Waals surface area (Å²) in [6.45, 7) is 9.69. The topological polar surface area (TPSA) is 48.8 Å². The Kier molecular flexibility index (Phi) is 4.63. The van der Waals surface area contributed by atoms with Crippen LogP contribution < -0.4 is 9.47 Å². The van der Waals surface area contributed by atoms with E-state index < -0.39 is 0 Å². The number of nitrogens with zero attached hydrogens (tertiary/aromatic N) is 3. The Hall–Kier alpha value is -2.05. The normalized spacial score (nSPS) is 20.6.